The second kappa shape index (κ2) is 72.1. The van der Waals surface area contributed by atoms with Gasteiger partial charge in [0.1, 0.15) is 0 Å². The van der Waals surface area contributed by atoms with Gasteiger partial charge in [0.05, 0.1) is 0 Å². The maximum absolute atomic E-state index is 0. The van der Waals surface area contributed by atoms with Gasteiger partial charge >= 0.3 is 0 Å². The van der Waals surface area contributed by atoms with Crippen LogP contribution >= 0.6 is 0 Å². The Morgan fingerprint density at radius 1 is 0.200 bits per heavy atom. The standard InChI is InChI=1S/5H4Si/h5*1H4. The summed E-state index contributed by atoms with van der Waals surface area (Å²) in [6, 6.07) is 0. The summed E-state index contributed by atoms with van der Waals surface area (Å²) in [5.41, 5.74) is 0. The topological polar surface area (TPSA) is 0 Å². The lowest BCUT2D eigenvalue weighted by atomic mass is 28.1. The molecule has 0 bridgehead atoms. The first kappa shape index (κ1) is 134. The van der Waals surface area contributed by atoms with Crippen molar-refractivity contribution in [2.45, 2.75) is 0 Å². The Morgan fingerprint density at radius 2 is 0.200 bits per heavy atom. The minimum absolute atomic E-state index is 0. The fourth-order valence-electron chi connectivity index (χ4n) is 0. The summed E-state index contributed by atoms with van der Waals surface area (Å²) >= 11 is 0. The quantitative estimate of drug-likeness (QED) is 0.309. The molecule has 40 valence electrons. The van der Waals surface area contributed by atoms with Crippen molar-refractivity contribution in [1.29, 1.82) is 0 Å². The van der Waals surface area contributed by atoms with Crippen molar-refractivity contribution in [3.8, 4) is 0 Å². The van der Waals surface area contributed by atoms with E-state index in [4.69, 9.17) is 0 Å². The van der Waals surface area contributed by atoms with E-state index in [1.165, 1.54) is 0 Å². The molecule has 0 aromatic heterocycles. The first-order valence-corrected chi connectivity index (χ1v) is 0. The van der Waals surface area contributed by atoms with Gasteiger partial charge in [-0.05, 0) is 54.8 Å². The van der Waals surface area contributed by atoms with Gasteiger partial charge in [-0.3, -0.25) is 0 Å². The van der Waals surface area contributed by atoms with Crippen LogP contribution in [0.15, 0.2) is 0 Å². The molecule has 5 heavy (non-hydrogen) atoms. The Bertz CT molecular complexity index is 0. The molecular weight excluding hydrogens is 140 g/mol. The van der Waals surface area contributed by atoms with Gasteiger partial charge in [0.15, 0.2) is 0 Å². The molecule has 0 spiro atoms. The van der Waals surface area contributed by atoms with Crippen LogP contribution in [0.1, 0.15) is 0 Å². The van der Waals surface area contributed by atoms with Crippen molar-refractivity contribution in [3.63, 3.8) is 0 Å². The number of hydrogen-bond donors (Lipinski definition) is 0. The van der Waals surface area contributed by atoms with E-state index in [0.717, 1.165) is 0 Å². The lowest BCUT2D eigenvalue weighted by Crippen LogP contribution is -0.382. The molecule has 0 saturated heterocycles. The molecule has 0 aliphatic carbocycles. The minimum atomic E-state index is 0. The van der Waals surface area contributed by atoms with Crippen LogP contribution in [0.2, 0.25) is 0 Å². The molecule has 0 atom stereocenters. The van der Waals surface area contributed by atoms with E-state index in [1.54, 1.807) is 0 Å². The summed E-state index contributed by atoms with van der Waals surface area (Å²) in [5.74, 6) is 0. The van der Waals surface area contributed by atoms with Gasteiger partial charge in [-0.2, -0.15) is 0 Å². The molecule has 0 aromatic carbocycles. The van der Waals surface area contributed by atoms with Crippen LogP contribution < -0.4 is 0 Å². The second-order valence-electron chi connectivity index (χ2n) is 0. The summed E-state index contributed by atoms with van der Waals surface area (Å²) in [5, 5.41) is 0. The normalized spacial score (nSPS) is 0. The maximum atomic E-state index is 0. The van der Waals surface area contributed by atoms with Gasteiger partial charge in [-0.25, -0.2) is 0 Å². The number of rotatable bonds is 0. The van der Waals surface area contributed by atoms with Crippen LogP contribution in [0.3, 0.4) is 0 Å². The third-order valence-corrected chi connectivity index (χ3v) is 0. The van der Waals surface area contributed by atoms with E-state index < -0.39 is 0 Å². The van der Waals surface area contributed by atoms with Gasteiger partial charge in [0.25, 0.3) is 0 Å². The van der Waals surface area contributed by atoms with E-state index in [1.807, 2.05) is 0 Å². The van der Waals surface area contributed by atoms with Crippen molar-refractivity contribution in [2.75, 3.05) is 0 Å². The molecule has 0 heterocycles. The van der Waals surface area contributed by atoms with Crippen molar-refractivity contribution in [3.05, 3.63) is 0 Å². The van der Waals surface area contributed by atoms with Crippen molar-refractivity contribution in [2.24, 2.45) is 0 Å². The average Bonchev–Trinajstić information content (AvgIpc) is 0. The highest BCUT2D eigenvalue weighted by Crippen LogP contribution is -0.377. The molecule has 0 rings (SSSR count). The molecule has 0 amide bonds. The summed E-state index contributed by atoms with van der Waals surface area (Å²) in [6.45, 7) is 0. The molecule has 0 nitrogen and oxygen atoms in total. The summed E-state index contributed by atoms with van der Waals surface area (Å²) in [7, 11) is 0. The lowest BCUT2D eigenvalue weighted by Gasteiger charge is -0.0159. The highest BCUT2D eigenvalue weighted by molar-refractivity contribution is 5.76. The fraction of sp³-hybridized carbons (Fsp3) is 0. The molecule has 0 aliphatic rings. The Labute approximate surface area is 55.2 Å². The van der Waals surface area contributed by atoms with Crippen LogP contribution in [0.5, 0.6) is 0 Å². The molecule has 0 aromatic rings. The van der Waals surface area contributed by atoms with Crippen LogP contribution in [0.4, 0.5) is 0 Å². The fourth-order valence-corrected chi connectivity index (χ4v) is 0. The molecule has 0 saturated carbocycles. The predicted molar refractivity (Wildman–Crippen MR) is 56.7 cm³/mol. The van der Waals surface area contributed by atoms with Crippen LogP contribution in [-0.4, -0.2) is 54.8 Å². The Hall–Kier alpha value is 1.08. The van der Waals surface area contributed by atoms with E-state index in [2.05, 4.69) is 0 Å². The van der Waals surface area contributed by atoms with Crippen molar-refractivity contribution in [1.82, 2.24) is 0 Å². The highest BCUT2D eigenvalue weighted by Gasteiger charge is -0.0109. The smallest absolute Gasteiger partial charge is 0.0149 e. The molecule has 0 fully saturated rings. The van der Waals surface area contributed by atoms with Gasteiger partial charge in [-0.15, -0.1) is 0 Å². The Morgan fingerprint density at radius 3 is 0.200 bits per heavy atom. The monoisotopic (exact) mass is 160 g/mol. The first-order chi connectivity index (χ1) is 0. The molecule has 0 N–H and O–H groups in total. The zero-order valence-electron chi connectivity index (χ0n) is 0. The average molecular weight is 161 g/mol. The minimum Gasteiger partial charge on any atom is -0.0149 e. The molecule has 0 aliphatic heterocycles. The zero-order chi connectivity index (χ0) is 0. The molecule has 5 heteroatoms. The van der Waals surface area contributed by atoms with E-state index >= 15 is 0 Å². The van der Waals surface area contributed by atoms with Crippen LogP contribution in [0, 0.1) is 0 Å². The highest BCUT2D eigenvalue weighted by atomic mass is 28.1. The number of hydrogen-bond acceptors (Lipinski definition) is 0. The zero-order valence-corrected chi connectivity index (χ0v) is 0. The third-order valence-electron chi connectivity index (χ3n) is 0. The van der Waals surface area contributed by atoms with Gasteiger partial charge < -0.3 is 0 Å². The molecule has 0 unspecified atom stereocenters. The van der Waals surface area contributed by atoms with E-state index in [0.29, 0.717) is 0 Å². The third kappa shape index (κ3) is 41.1. The van der Waals surface area contributed by atoms with Crippen molar-refractivity contribution < 1.29 is 0 Å². The molecular formula is H20Si5. The largest absolute Gasteiger partial charge is 0.0149 e. The van der Waals surface area contributed by atoms with Crippen LogP contribution in [0.25, 0.3) is 0 Å². The van der Waals surface area contributed by atoms with Gasteiger partial charge in [-0.1, -0.05) is 0 Å². The lowest BCUT2D eigenvalue weighted by molar-refractivity contribution is 5.75. The summed E-state index contributed by atoms with van der Waals surface area (Å²) < 4.78 is 0. The SMILES string of the molecule is [SiH4].[SiH4].[SiH4].[SiH4].[SiH4]. The van der Waals surface area contributed by atoms with E-state index in [-0.39, 0.29) is 54.8 Å². The Kier molecular flexibility index (Phi) is 1930. The van der Waals surface area contributed by atoms with E-state index in [9.17, 15) is 0 Å². The maximum Gasteiger partial charge on any atom is -0.0149 e. The van der Waals surface area contributed by atoms with Crippen molar-refractivity contribution >= 4 is 54.8 Å². The molecule has 0 radical (unpaired) electrons. The second-order valence-corrected chi connectivity index (χ2v) is 0. The van der Waals surface area contributed by atoms with Crippen LogP contribution in [-0.2, 0) is 0 Å². The van der Waals surface area contributed by atoms with Gasteiger partial charge in [0, 0.05) is 0 Å². The van der Waals surface area contributed by atoms with Gasteiger partial charge in [0.2, 0.25) is 0 Å². The summed E-state index contributed by atoms with van der Waals surface area (Å²) in [4.78, 5) is 0. The Balaban J connectivity index is 0. The predicted octanol–water partition coefficient (Wildman–Crippen LogP) is -7.26. The first-order valence-electron chi connectivity index (χ1n) is 0. The summed E-state index contributed by atoms with van der Waals surface area (Å²) in [6.07, 6.45) is 0.